The Labute approximate surface area is 340 Å². The van der Waals surface area contributed by atoms with Gasteiger partial charge in [0.15, 0.2) is 18.0 Å². The maximum atomic E-state index is 14.2. The van der Waals surface area contributed by atoms with E-state index in [1.165, 1.54) is 0 Å². The van der Waals surface area contributed by atoms with E-state index in [9.17, 15) is 39.6 Å². The van der Waals surface area contributed by atoms with Gasteiger partial charge in [-0.15, -0.1) is 0 Å². The summed E-state index contributed by atoms with van der Waals surface area (Å²) in [6.45, 7) is 3.17. The van der Waals surface area contributed by atoms with Gasteiger partial charge in [0.2, 0.25) is 0 Å². The zero-order valence-corrected chi connectivity index (χ0v) is 32.9. The molecule has 2 aromatic carbocycles. The summed E-state index contributed by atoms with van der Waals surface area (Å²) in [7, 11) is 0. The highest BCUT2D eigenvalue weighted by atomic mass is 16.7. The number of aliphatic hydroxyl groups excluding tert-OH is 4. The normalized spacial score (nSPS) is 27.3. The summed E-state index contributed by atoms with van der Waals surface area (Å²) >= 11 is 0. The third-order valence-electron chi connectivity index (χ3n) is 12.7. The lowest BCUT2D eigenvalue weighted by Crippen LogP contribution is -2.60. The van der Waals surface area contributed by atoms with Gasteiger partial charge in [0.25, 0.3) is 5.91 Å². The number of oxazole rings is 1. The smallest absolute Gasteiger partial charge is 0.417 e. The van der Waals surface area contributed by atoms with Gasteiger partial charge in [0, 0.05) is 70.0 Å². The maximum absolute atomic E-state index is 14.2. The molecule has 0 saturated carbocycles. The molecule has 0 aliphatic carbocycles. The predicted octanol–water partition coefficient (Wildman–Crippen LogP) is 0.995. The number of urea groups is 1. The Morgan fingerprint density at radius 1 is 0.831 bits per heavy atom. The molecular weight excluding hydrogens is 768 g/mol. The fraction of sp³-hybridized carbons (Fsp3) is 0.610. The van der Waals surface area contributed by atoms with Crippen LogP contribution in [-0.2, 0) is 31.8 Å². The highest BCUT2D eigenvalue weighted by Crippen LogP contribution is 2.29. The van der Waals surface area contributed by atoms with Crippen molar-refractivity contribution in [2.45, 2.75) is 106 Å². The van der Waals surface area contributed by atoms with Gasteiger partial charge in [-0.1, -0.05) is 24.3 Å². The molecule has 0 bridgehead atoms. The number of rotatable bonds is 9. The molecule has 5 aliphatic rings. The Morgan fingerprint density at radius 3 is 2.29 bits per heavy atom. The molecule has 4 saturated heterocycles. The number of fused-ring (bicyclic) bond motifs is 2. The van der Waals surface area contributed by atoms with Gasteiger partial charge in [-0.3, -0.25) is 9.78 Å². The number of benzene rings is 2. The van der Waals surface area contributed by atoms with Crippen molar-refractivity contribution in [1.82, 2.24) is 24.6 Å². The van der Waals surface area contributed by atoms with Crippen LogP contribution >= 0.6 is 0 Å². The minimum Gasteiger partial charge on any atom is -0.436 e. The fourth-order valence-electron chi connectivity index (χ4n) is 9.21. The largest absolute Gasteiger partial charge is 0.436 e. The number of anilines is 1. The zero-order valence-electron chi connectivity index (χ0n) is 32.9. The second kappa shape index (κ2) is 18.0. The van der Waals surface area contributed by atoms with Gasteiger partial charge >= 0.3 is 17.9 Å². The van der Waals surface area contributed by atoms with E-state index in [2.05, 4.69) is 15.2 Å². The van der Waals surface area contributed by atoms with Crippen LogP contribution in [0.4, 0.5) is 15.3 Å². The number of carbonyl (C=O) groups excluding carboxylic acids is 3. The molecule has 4 amide bonds. The van der Waals surface area contributed by atoms with E-state index in [1.807, 2.05) is 29.2 Å². The van der Waals surface area contributed by atoms with Gasteiger partial charge in [0.1, 0.15) is 24.4 Å². The minimum absolute atomic E-state index is 0.0458. The van der Waals surface area contributed by atoms with Crippen LogP contribution in [0.1, 0.15) is 49.7 Å². The lowest BCUT2D eigenvalue weighted by atomic mass is 9.97. The number of piperidine rings is 3. The monoisotopic (exact) mass is 822 g/mol. The minimum atomic E-state index is -1.50. The zero-order chi connectivity index (χ0) is 41.2. The maximum Gasteiger partial charge on any atom is 0.417 e. The van der Waals surface area contributed by atoms with E-state index in [4.69, 9.17) is 18.6 Å². The molecule has 4 fully saturated rings. The van der Waals surface area contributed by atoms with Gasteiger partial charge in [0.05, 0.1) is 18.2 Å². The summed E-state index contributed by atoms with van der Waals surface area (Å²) in [5.74, 6) is -0.884. The summed E-state index contributed by atoms with van der Waals surface area (Å²) in [6, 6.07) is 13.0. The number of aromatic amines is 1. The molecule has 3 aromatic rings. The van der Waals surface area contributed by atoms with Crippen LogP contribution in [0.15, 0.2) is 51.7 Å². The average Bonchev–Trinajstić information content (AvgIpc) is 3.54. The molecule has 8 rings (SSSR count). The molecule has 6 N–H and O–H groups in total. The van der Waals surface area contributed by atoms with Crippen molar-refractivity contribution in [3.8, 4) is 0 Å². The third kappa shape index (κ3) is 9.13. The van der Waals surface area contributed by atoms with Crippen molar-refractivity contribution in [1.29, 1.82) is 0 Å². The van der Waals surface area contributed by atoms with E-state index in [0.717, 1.165) is 17.7 Å². The molecule has 5 aliphatic heterocycles. The summed E-state index contributed by atoms with van der Waals surface area (Å²) < 4.78 is 22.8. The quantitative estimate of drug-likeness (QED) is 0.177. The first-order valence-electron chi connectivity index (χ1n) is 20.8. The molecule has 1 aromatic heterocycles. The number of hydrogen-bond acceptors (Lipinski definition) is 13. The number of carbonyl (C=O) groups is 3. The number of nitrogens with one attached hydrogen (secondary N) is 2. The first-order chi connectivity index (χ1) is 28.5. The van der Waals surface area contributed by atoms with Crippen LogP contribution in [0.2, 0.25) is 0 Å². The van der Waals surface area contributed by atoms with Gasteiger partial charge in [-0.2, -0.15) is 0 Å². The average molecular weight is 823 g/mol. The van der Waals surface area contributed by atoms with Crippen molar-refractivity contribution in [3.63, 3.8) is 0 Å². The molecule has 6 heterocycles. The molecule has 0 unspecified atom stereocenters. The van der Waals surface area contributed by atoms with Crippen LogP contribution in [0.5, 0.6) is 0 Å². The summed E-state index contributed by atoms with van der Waals surface area (Å²) in [5, 5.41) is 43.2. The number of aliphatic hydroxyl groups is 4. The van der Waals surface area contributed by atoms with Crippen LogP contribution in [0.3, 0.4) is 0 Å². The van der Waals surface area contributed by atoms with Crippen molar-refractivity contribution in [2.75, 3.05) is 57.7 Å². The molecule has 0 radical (unpaired) electrons. The second-order valence-corrected chi connectivity index (χ2v) is 16.3. The number of nitrogens with zero attached hydrogens (tertiary/aromatic N) is 4. The van der Waals surface area contributed by atoms with E-state index in [-0.39, 0.29) is 36.5 Å². The summed E-state index contributed by atoms with van der Waals surface area (Å²) in [5.41, 5.74) is 3.44. The van der Waals surface area contributed by atoms with Crippen LogP contribution in [-0.4, -0.2) is 170 Å². The topological polar surface area (TPSA) is 231 Å². The predicted molar refractivity (Wildman–Crippen MR) is 210 cm³/mol. The van der Waals surface area contributed by atoms with E-state index in [1.54, 1.807) is 28.0 Å². The van der Waals surface area contributed by atoms with Crippen molar-refractivity contribution in [3.05, 3.63) is 64.1 Å². The van der Waals surface area contributed by atoms with Crippen LogP contribution < -0.4 is 11.1 Å². The van der Waals surface area contributed by atoms with Crippen molar-refractivity contribution >= 4 is 34.8 Å². The molecule has 6 atom stereocenters. The molecule has 0 spiro atoms. The number of likely N-dealkylation sites (tertiary alicyclic amines) is 3. The first-order valence-corrected chi connectivity index (χ1v) is 20.8. The standard InChI is InChI=1S/C41H54N6O12/c48-23-33-34(49)35(50)36(51)38(57-33)56-28-12-18-44(19-13-28)26-8-14-45(15-9-26)37(52)32(22-24-5-6-30-31(21-24)58-40(54)43-30)59-41(55)46-16-10-27(11-17-46)47-20-7-25-3-1-2-4-29(25)42-39(47)53/h1-6,21,26-28,32-36,38,48-51H,7-20,22-23H2,(H,42,53)(H,43,54)/t32-,33-,34-,35+,36+,38+/m1/s1. The van der Waals surface area contributed by atoms with Gasteiger partial charge in [-0.05, 0) is 74.3 Å². The van der Waals surface area contributed by atoms with E-state index >= 15 is 0 Å². The third-order valence-corrected chi connectivity index (χ3v) is 12.7. The summed E-state index contributed by atoms with van der Waals surface area (Å²) in [6.07, 6.45) is -3.85. The van der Waals surface area contributed by atoms with Crippen molar-refractivity contribution in [2.24, 2.45) is 0 Å². The number of aromatic nitrogens is 1. The molecular formula is C41H54N6O12. The number of ether oxygens (including phenoxy) is 3. The van der Waals surface area contributed by atoms with Gasteiger partial charge in [-0.25, -0.2) is 14.4 Å². The number of amides is 4. The Kier molecular flexibility index (Phi) is 12.5. The highest BCUT2D eigenvalue weighted by Gasteiger charge is 2.45. The number of para-hydroxylation sites is 1. The van der Waals surface area contributed by atoms with Crippen LogP contribution in [0.25, 0.3) is 11.1 Å². The Morgan fingerprint density at radius 2 is 1.54 bits per heavy atom. The highest BCUT2D eigenvalue weighted by molar-refractivity contribution is 5.91. The van der Waals surface area contributed by atoms with E-state index < -0.39 is 55.3 Å². The Balaban J connectivity index is 0.857. The number of H-pyrrole nitrogens is 1. The lowest BCUT2D eigenvalue weighted by Gasteiger charge is -2.44. The number of hydrogen-bond donors (Lipinski definition) is 6. The summed E-state index contributed by atoms with van der Waals surface area (Å²) in [4.78, 5) is 63.2. The SMILES string of the molecule is O=C(O[C@H](Cc1ccc2[nH]c(=O)oc2c1)C(=O)N1CCC(N2CCC(O[C@H]3O[C@H](CO)[C@@H](O)[C@H](O)[C@@H]3O)CC2)CC1)N1CCC(N2CCc3ccccc3NC2=O)CC1. The van der Waals surface area contributed by atoms with Crippen molar-refractivity contribution < 1.29 is 53.4 Å². The first kappa shape index (κ1) is 41.2. The lowest BCUT2D eigenvalue weighted by molar-refractivity contribution is -0.313. The Hall–Kier alpha value is -4.56. The van der Waals surface area contributed by atoms with Gasteiger partial charge < -0.3 is 64.0 Å². The molecule has 320 valence electrons. The molecule has 18 nitrogen and oxygen atoms in total. The second-order valence-electron chi connectivity index (χ2n) is 16.3. The fourth-order valence-corrected chi connectivity index (χ4v) is 9.21. The van der Waals surface area contributed by atoms with Crippen LogP contribution in [0, 0.1) is 0 Å². The van der Waals surface area contributed by atoms with E-state index in [0.29, 0.717) is 101 Å². The molecule has 18 heteroatoms. The Bertz CT molecular complexity index is 2000. The molecule has 59 heavy (non-hydrogen) atoms.